The summed E-state index contributed by atoms with van der Waals surface area (Å²) in [7, 11) is 2.15. The predicted molar refractivity (Wildman–Crippen MR) is 71.6 cm³/mol. The number of carbonyl (C=O) groups is 1. The minimum Gasteiger partial charge on any atom is -0.444 e. The molecule has 4 nitrogen and oxygen atoms in total. The van der Waals surface area contributed by atoms with Crippen LogP contribution in [0.3, 0.4) is 0 Å². The van der Waals surface area contributed by atoms with E-state index in [0.717, 1.165) is 19.4 Å². The standard InChI is InChI=1S/C14H26N2O2/c1-13(2,3)18-12(17)16-10-7-8-11(16)14(4,5)15(6)9-10/h10-11H,7-9H2,1-6H3/t10-,11+/m1/s1. The van der Waals surface area contributed by atoms with Crippen LogP contribution < -0.4 is 0 Å². The molecule has 4 heteroatoms. The summed E-state index contributed by atoms with van der Waals surface area (Å²) < 4.78 is 5.56. The Hall–Kier alpha value is -0.770. The van der Waals surface area contributed by atoms with Gasteiger partial charge in [0.05, 0.1) is 6.04 Å². The van der Waals surface area contributed by atoms with E-state index in [1.54, 1.807) is 0 Å². The molecule has 2 aliphatic heterocycles. The van der Waals surface area contributed by atoms with E-state index in [2.05, 4.69) is 25.8 Å². The van der Waals surface area contributed by atoms with Gasteiger partial charge in [-0.05, 0) is 54.5 Å². The van der Waals surface area contributed by atoms with Crippen molar-refractivity contribution in [1.82, 2.24) is 9.80 Å². The number of carbonyl (C=O) groups excluding carboxylic acids is 1. The SMILES string of the molecule is CN1C[C@H]2CC[C@H](N2C(=O)OC(C)(C)C)C1(C)C. The van der Waals surface area contributed by atoms with Crippen LogP contribution in [0.4, 0.5) is 4.79 Å². The molecule has 0 spiro atoms. The number of likely N-dealkylation sites (tertiary alicyclic amines) is 1. The van der Waals surface area contributed by atoms with E-state index in [1.165, 1.54) is 0 Å². The molecule has 0 aromatic rings. The van der Waals surface area contributed by atoms with Crippen LogP contribution >= 0.6 is 0 Å². The number of likely N-dealkylation sites (N-methyl/N-ethyl adjacent to an activating group) is 1. The topological polar surface area (TPSA) is 32.8 Å². The molecule has 0 unspecified atom stereocenters. The molecule has 0 aliphatic carbocycles. The average Bonchev–Trinajstić information content (AvgIpc) is 2.53. The molecule has 2 aliphatic rings. The Morgan fingerprint density at radius 2 is 1.89 bits per heavy atom. The van der Waals surface area contributed by atoms with Crippen molar-refractivity contribution < 1.29 is 9.53 Å². The maximum Gasteiger partial charge on any atom is 0.410 e. The van der Waals surface area contributed by atoms with Gasteiger partial charge < -0.3 is 4.74 Å². The van der Waals surface area contributed by atoms with E-state index in [-0.39, 0.29) is 17.7 Å². The fourth-order valence-corrected chi connectivity index (χ4v) is 3.15. The lowest BCUT2D eigenvalue weighted by molar-refractivity contribution is -0.0399. The molecule has 2 rings (SSSR count). The second kappa shape index (κ2) is 4.12. The monoisotopic (exact) mass is 254 g/mol. The summed E-state index contributed by atoms with van der Waals surface area (Å²) in [5.74, 6) is 0. The third-order valence-corrected chi connectivity index (χ3v) is 4.39. The highest BCUT2D eigenvalue weighted by atomic mass is 16.6. The van der Waals surface area contributed by atoms with Gasteiger partial charge in [0.15, 0.2) is 0 Å². The fraction of sp³-hybridized carbons (Fsp3) is 0.929. The van der Waals surface area contributed by atoms with Crippen LogP contribution in [0, 0.1) is 0 Å². The molecule has 2 bridgehead atoms. The van der Waals surface area contributed by atoms with E-state index >= 15 is 0 Å². The molecule has 2 heterocycles. The number of rotatable bonds is 0. The van der Waals surface area contributed by atoms with Gasteiger partial charge in [-0.2, -0.15) is 0 Å². The second-order valence-corrected chi connectivity index (χ2v) is 7.17. The van der Waals surface area contributed by atoms with Crippen molar-refractivity contribution in [3.63, 3.8) is 0 Å². The Morgan fingerprint density at radius 1 is 1.28 bits per heavy atom. The molecule has 2 fully saturated rings. The van der Waals surface area contributed by atoms with E-state index in [1.807, 2.05) is 25.7 Å². The molecule has 0 radical (unpaired) electrons. The molecule has 104 valence electrons. The lowest BCUT2D eigenvalue weighted by atomic mass is 9.90. The van der Waals surface area contributed by atoms with Crippen LogP contribution in [0.25, 0.3) is 0 Å². The Labute approximate surface area is 110 Å². The van der Waals surface area contributed by atoms with Gasteiger partial charge in [0, 0.05) is 18.1 Å². The number of nitrogens with zero attached hydrogens (tertiary/aromatic N) is 2. The molecule has 0 aromatic heterocycles. The summed E-state index contributed by atoms with van der Waals surface area (Å²) in [4.78, 5) is 16.7. The predicted octanol–water partition coefficient (Wildman–Crippen LogP) is 2.48. The van der Waals surface area contributed by atoms with Crippen LogP contribution in [0.2, 0.25) is 0 Å². The van der Waals surface area contributed by atoms with Crippen molar-refractivity contribution in [3.8, 4) is 0 Å². The van der Waals surface area contributed by atoms with Gasteiger partial charge in [0.2, 0.25) is 0 Å². The van der Waals surface area contributed by atoms with E-state index in [9.17, 15) is 4.79 Å². The first-order chi connectivity index (χ1) is 8.13. The average molecular weight is 254 g/mol. The van der Waals surface area contributed by atoms with Crippen LogP contribution in [-0.4, -0.2) is 52.7 Å². The molecule has 18 heavy (non-hydrogen) atoms. The highest BCUT2D eigenvalue weighted by Gasteiger charge is 2.52. The van der Waals surface area contributed by atoms with E-state index in [0.29, 0.717) is 6.04 Å². The van der Waals surface area contributed by atoms with Gasteiger partial charge >= 0.3 is 6.09 Å². The van der Waals surface area contributed by atoms with Gasteiger partial charge in [0.1, 0.15) is 5.60 Å². The van der Waals surface area contributed by atoms with Crippen LogP contribution in [0.15, 0.2) is 0 Å². The first-order valence-electron chi connectivity index (χ1n) is 6.85. The summed E-state index contributed by atoms with van der Waals surface area (Å²) in [6.45, 7) is 11.2. The molecule has 0 saturated carbocycles. The molecular formula is C14H26N2O2. The third-order valence-electron chi connectivity index (χ3n) is 4.39. The van der Waals surface area contributed by atoms with Gasteiger partial charge in [-0.3, -0.25) is 9.80 Å². The van der Waals surface area contributed by atoms with Gasteiger partial charge in [0.25, 0.3) is 0 Å². The van der Waals surface area contributed by atoms with Crippen LogP contribution in [0.5, 0.6) is 0 Å². The lowest BCUT2D eigenvalue weighted by Crippen LogP contribution is -2.65. The van der Waals surface area contributed by atoms with Crippen molar-refractivity contribution in [2.45, 2.75) is 70.7 Å². The first kappa shape index (κ1) is 13.7. The Bertz CT molecular complexity index is 346. The number of piperazine rings is 1. The number of hydrogen-bond acceptors (Lipinski definition) is 3. The van der Waals surface area contributed by atoms with Gasteiger partial charge in [-0.1, -0.05) is 0 Å². The Kier molecular flexibility index (Phi) is 3.13. The first-order valence-corrected chi connectivity index (χ1v) is 6.85. The maximum absolute atomic E-state index is 12.4. The van der Waals surface area contributed by atoms with Crippen molar-refractivity contribution in [2.75, 3.05) is 13.6 Å². The zero-order chi connectivity index (χ0) is 13.7. The highest BCUT2D eigenvalue weighted by molar-refractivity contribution is 5.70. The van der Waals surface area contributed by atoms with Crippen LogP contribution in [0.1, 0.15) is 47.5 Å². The normalized spacial score (nSPS) is 31.6. The highest BCUT2D eigenvalue weighted by Crippen LogP contribution is 2.40. The molecule has 0 aromatic carbocycles. The largest absolute Gasteiger partial charge is 0.444 e. The molecule has 2 atom stereocenters. The molecule has 1 amide bonds. The zero-order valence-corrected chi connectivity index (χ0v) is 12.5. The summed E-state index contributed by atoms with van der Waals surface area (Å²) in [5, 5.41) is 0. The van der Waals surface area contributed by atoms with Gasteiger partial charge in [-0.15, -0.1) is 0 Å². The molecular weight excluding hydrogens is 228 g/mol. The quantitative estimate of drug-likeness (QED) is 0.666. The fourth-order valence-electron chi connectivity index (χ4n) is 3.15. The zero-order valence-electron chi connectivity index (χ0n) is 12.5. The van der Waals surface area contributed by atoms with E-state index < -0.39 is 5.60 Å². The number of hydrogen-bond donors (Lipinski definition) is 0. The maximum atomic E-state index is 12.4. The Balaban J connectivity index is 2.18. The lowest BCUT2D eigenvalue weighted by Gasteiger charge is -2.50. The summed E-state index contributed by atoms with van der Waals surface area (Å²) in [5.41, 5.74) is -0.381. The summed E-state index contributed by atoms with van der Waals surface area (Å²) in [6.07, 6.45) is 2.04. The Morgan fingerprint density at radius 3 is 2.44 bits per heavy atom. The molecule has 2 saturated heterocycles. The smallest absolute Gasteiger partial charge is 0.410 e. The second-order valence-electron chi connectivity index (χ2n) is 7.17. The van der Waals surface area contributed by atoms with Crippen molar-refractivity contribution in [3.05, 3.63) is 0 Å². The van der Waals surface area contributed by atoms with Crippen molar-refractivity contribution >= 4 is 6.09 Å². The van der Waals surface area contributed by atoms with Crippen molar-refractivity contribution in [1.29, 1.82) is 0 Å². The number of ether oxygens (including phenoxy) is 1. The van der Waals surface area contributed by atoms with Crippen molar-refractivity contribution in [2.24, 2.45) is 0 Å². The third kappa shape index (κ3) is 2.22. The summed E-state index contributed by atoms with van der Waals surface area (Å²) in [6, 6.07) is 0.596. The number of amides is 1. The van der Waals surface area contributed by atoms with Crippen LogP contribution in [-0.2, 0) is 4.74 Å². The molecule has 0 N–H and O–H groups in total. The summed E-state index contributed by atoms with van der Waals surface area (Å²) >= 11 is 0. The van der Waals surface area contributed by atoms with Gasteiger partial charge in [-0.25, -0.2) is 4.79 Å². The number of fused-ring (bicyclic) bond motifs is 2. The minimum absolute atomic E-state index is 0.0317. The minimum atomic E-state index is -0.413. The van der Waals surface area contributed by atoms with E-state index in [4.69, 9.17) is 4.74 Å².